The van der Waals surface area contributed by atoms with Gasteiger partial charge in [0, 0.05) is 17.4 Å². The van der Waals surface area contributed by atoms with Gasteiger partial charge in [0.05, 0.1) is 35.8 Å². The number of nitrogens with zero attached hydrogens (tertiary/aromatic N) is 1. The lowest BCUT2D eigenvalue weighted by molar-refractivity contribution is -0.386. The van der Waals surface area contributed by atoms with E-state index < -0.39 is 29.2 Å². The number of methoxy groups -OCH3 is 1. The average Bonchev–Trinajstić information content (AvgIpc) is 3.19. The molecule has 0 spiro atoms. The van der Waals surface area contributed by atoms with Crippen molar-refractivity contribution in [2.75, 3.05) is 13.7 Å². The lowest BCUT2D eigenvalue weighted by Crippen LogP contribution is -2.41. The molecule has 2 aliphatic heterocycles. The third-order valence-electron chi connectivity index (χ3n) is 8.50. The van der Waals surface area contributed by atoms with E-state index in [1.165, 1.54) is 6.07 Å². The minimum atomic E-state index is -0.602. The lowest BCUT2D eigenvalue weighted by atomic mass is 9.75. The predicted octanol–water partition coefficient (Wildman–Crippen LogP) is 5.37. The number of hydrogen-bond donors (Lipinski definition) is 0. The molecule has 0 saturated carbocycles. The first-order valence-electron chi connectivity index (χ1n) is 14.1. The highest BCUT2D eigenvalue weighted by Crippen LogP contribution is 2.38. The van der Waals surface area contributed by atoms with Gasteiger partial charge in [0.2, 0.25) is 0 Å². The van der Waals surface area contributed by atoms with Gasteiger partial charge in [-0.1, -0.05) is 48.5 Å². The van der Waals surface area contributed by atoms with Gasteiger partial charge in [-0.05, 0) is 69.4 Å². The number of nitro benzene ring substituents is 1. The van der Waals surface area contributed by atoms with Crippen LogP contribution in [0.4, 0.5) is 5.69 Å². The van der Waals surface area contributed by atoms with Crippen molar-refractivity contribution < 1.29 is 33.2 Å². The molecule has 2 fully saturated rings. The molecular formula is C32H36BNO8. The number of cyclic esters (lactones) is 1. The minimum Gasteiger partial charge on any atom is -0.497 e. The molecule has 0 aromatic heterocycles. The number of carbonyl (C=O) groups excluding carboxylic acids is 1. The third kappa shape index (κ3) is 6.15. The zero-order chi connectivity index (χ0) is 30.1. The molecular weight excluding hydrogens is 537 g/mol. The summed E-state index contributed by atoms with van der Waals surface area (Å²) in [6, 6.07) is 20.2. The van der Waals surface area contributed by atoms with Gasteiger partial charge in [-0.2, -0.15) is 0 Å². The van der Waals surface area contributed by atoms with E-state index >= 15 is 0 Å². The van der Waals surface area contributed by atoms with Crippen LogP contribution < -0.4 is 14.9 Å². The fourth-order valence-corrected chi connectivity index (χ4v) is 5.34. The molecule has 0 bridgehead atoms. The van der Waals surface area contributed by atoms with E-state index in [2.05, 4.69) is 0 Å². The van der Waals surface area contributed by atoms with Crippen molar-refractivity contribution in [2.24, 2.45) is 5.92 Å². The first-order chi connectivity index (χ1) is 20.0. The largest absolute Gasteiger partial charge is 0.498 e. The number of ether oxygens (including phenoxy) is 3. The van der Waals surface area contributed by atoms with Crippen LogP contribution in [0.5, 0.6) is 11.5 Å². The molecule has 220 valence electrons. The molecule has 2 heterocycles. The van der Waals surface area contributed by atoms with Crippen LogP contribution in [0.25, 0.3) is 0 Å². The topological polar surface area (TPSA) is 106 Å². The minimum absolute atomic E-state index is 0.0664. The Labute approximate surface area is 246 Å². The van der Waals surface area contributed by atoms with E-state index in [1.54, 1.807) is 19.2 Å². The van der Waals surface area contributed by atoms with Crippen molar-refractivity contribution in [1.82, 2.24) is 0 Å². The summed E-state index contributed by atoms with van der Waals surface area (Å²) in [5.74, 6) is 0.0109. The van der Waals surface area contributed by atoms with Crippen molar-refractivity contribution in [2.45, 2.75) is 64.3 Å². The highest BCUT2D eigenvalue weighted by Gasteiger charge is 2.52. The van der Waals surface area contributed by atoms with Crippen LogP contribution in [0.2, 0.25) is 0 Å². The Bertz CT molecular complexity index is 1440. The number of rotatable bonds is 9. The van der Waals surface area contributed by atoms with Gasteiger partial charge < -0.3 is 23.5 Å². The fourth-order valence-electron chi connectivity index (χ4n) is 5.34. The first-order valence-corrected chi connectivity index (χ1v) is 14.1. The summed E-state index contributed by atoms with van der Waals surface area (Å²) in [5.41, 5.74) is 2.20. The van der Waals surface area contributed by atoms with E-state index in [0.717, 1.165) is 16.6 Å². The third-order valence-corrected chi connectivity index (χ3v) is 8.50. The van der Waals surface area contributed by atoms with Crippen LogP contribution in [0.15, 0.2) is 66.7 Å². The Kier molecular flexibility index (Phi) is 8.30. The highest BCUT2D eigenvalue weighted by molar-refractivity contribution is 6.63. The van der Waals surface area contributed by atoms with Crippen LogP contribution in [0.3, 0.4) is 0 Å². The summed E-state index contributed by atoms with van der Waals surface area (Å²) < 4.78 is 29.6. The molecule has 0 N–H and O–H groups in total. The second kappa shape index (κ2) is 11.8. The van der Waals surface area contributed by atoms with Crippen LogP contribution >= 0.6 is 0 Å². The normalized spacial score (nSPS) is 21.1. The summed E-state index contributed by atoms with van der Waals surface area (Å²) in [5, 5.41) is 11.9. The molecule has 2 unspecified atom stereocenters. The second-order valence-corrected chi connectivity index (χ2v) is 11.9. The molecule has 5 rings (SSSR count). The smallest absolute Gasteiger partial charge is 0.497 e. The molecule has 3 aromatic carbocycles. The molecule has 42 heavy (non-hydrogen) atoms. The zero-order valence-corrected chi connectivity index (χ0v) is 24.6. The van der Waals surface area contributed by atoms with Gasteiger partial charge in [-0.25, -0.2) is 0 Å². The van der Waals surface area contributed by atoms with Crippen molar-refractivity contribution in [3.8, 4) is 11.5 Å². The first kappa shape index (κ1) is 29.6. The van der Waals surface area contributed by atoms with E-state index in [4.69, 9.17) is 23.5 Å². The Balaban J connectivity index is 1.32. The number of nitro groups is 1. The molecule has 0 radical (unpaired) electrons. The Morgan fingerprint density at radius 1 is 0.952 bits per heavy atom. The molecule has 0 aliphatic carbocycles. The van der Waals surface area contributed by atoms with Gasteiger partial charge in [-0.3, -0.25) is 14.9 Å². The Hall–Kier alpha value is -3.89. The van der Waals surface area contributed by atoms with Gasteiger partial charge in [0.25, 0.3) is 0 Å². The number of carbonyl (C=O) groups is 1. The van der Waals surface area contributed by atoms with Gasteiger partial charge in [0.15, 0.2) is 5.75 Å². The maximum absolute atomic E-state index is 12.8. The van der Waals surface area contributed by atoms with Gasteiger partial charge >= 0.3 is 18.8 Å². The molecule has 2 saturated heterocycles. The Morgan fingerprint density at radius 2 is 1.64 bits per heavy atom. The molecule has 0 amide bonds. The number of esters is 1. The second-order valence-electron chi connectivity index (χ2n) is 11.9. The van der Waals surface area contributed by atoms with E-state index in [9.17, 15) is 14.9 Å². The van der Waals surface area contributed by atoms with Crippen molar-refractivity contribution in [3.63, 3.8) is 0 Å². The Morgan fingerprint density at radius 3 is 2.31 bits per heavy atom. The van der Waals surface area contributed by atoms with Crippen molar-refractivity contribution in [3.05, 3.63) is 93.5 Å². The summed E-state index contributed by atoms with van der Waals surface area (Å²) in [7, 11) is 1.01. The van der Waals surface area contributed by atoms with Gasteiger partial charge in [-0.15, -0.1) is 0 Å². The number of hydrogen-bond acceptors (Lipinski definition) is 8. The predicted molar refractivity (Wildman–Crippen MR) is 158 cm³/mol. The van der Waals surface area contributed by atoms with Crippen LogP contribution in [0, 0.1) is 16.0 Å². The molecule has 2 aliphatic rings. The number of benzene rings is 3. The maximum atomic E-state index is 12.8. The van der Waals surface area contributed by atoms with E-state index in [1.807, 2.05) is 76.2 Å². The molecule has 3 aromatic rings. The standard InChI is InChI=1S/C32H36BNO8/c1-31(2)32(3,4)42-33(41-31)26-18-23(12-14-28(26)38-5)25-17-24(30(35)40-20-25)15-22-11-13-29(27(16-22)34(36)37)39-19-21-9-7-6-8-10-21/h6-14,16,18,24-25H,15,17,19-20H2,1-5H3. The summed E-state index contributed by atoms with van der Waals surface area (Å²) in [6.45, 7) is 8.47. The summed E-state index contributed by atoms with van der Waals surface area (Å²) in [6.07, 6.45) is 0.851. The fraction of sp³-hybridized carbons (Fsp3) is 0.406. The van der Waals surface area contributed by atoms with Crippen LogP contribution in [-0.2, 0) is 31.9 Å². The average molecular weight is 573 g/mol. The lowest BCUT2D eigenvalue weighted by Gasteiger charge is -2.32. The summed E-state index contributed by atoms with van der Waals surface area (Å²) in [4.78, 5) is 24.2. The van der Waals surface area contributed by atoms with Crippen molar-refractivity contribution in [1.29, 1.82) is 0 Å². The summed E-state index contributed by atoms with van der Waals surface area (Å²) >= 11 is 0. The quantitative estimate of drug-likeness (QED) is 0.146. The zero-order valence-electron chi connectivity index (χ0n) is 24.6. The van der Waals surface area contributed by atoms with Gasteiger partial charge in [0.1, 0.15) is 12.4 Å². The van der Waals surface area contributed by atoms with Crippen LogP contribution in [-0.4, -0.2) is 42.9 Å². The monoisotopic (exact) mass is 573 g/mol. The maximum Gasteiger partial charge on any atom is 0.498 e. The molecule has 10 heteroatoms. The van der Waals surface area contributed by atoms with Crippen molar-refractivity contribution >= 4 is 24.2 Å². The highest BCUT2D eigenvalue weighted by atomic mass is 16.7. The SMILES string of the molecule is COc1ccc(C2COC(=O)C(Cc3ccc(OCc4ccccc4)c([N+](=O)[O-])c3)C2)cc1B1OC(C)(C)C(C)(C)O1. The van der Waals surface area contributed by atoms with E-state index in [-0.39, 0.29) is 36.5 Å². The molecule has 2 atom stereocenters. The molecule has 9 nitrogen and oxygen atoms in total. The van der Waals surface area contributed by atoms with E-state index in [0.29, 0.717) is 24.2 Å². The van der Waals surface area contributed by atoms with Crippen LogP contribution in [0.1, 0.15) is 56.7 Å².